The van der Waals surface area contributed by atoms with Crippen molar-refractivity contribution in [1.29, 1.82) is 0 Å². The number of ether oxygens (including phenoxy) is 2. The van der Waals surface area contributed by atoms with Gasteiger partial charge in [-0.15, -0.1) is 0 Å². The van der Waals surface area contributed by atoms with Gasteiger partial charge >= 0.3 is 0 Å². The summed E-state index contributed by atoms with van der Waals surface area (Å²) in [6.07, 6.45) is 2.43. The van der Waals surface area contributed by atoms with Crippen molar-refractivity contribution in [2.24, 2.45) is 0 Å². The van der Waals surface area contributed by atoms with E-state index in [-0.39, 0.29) is 5.88 Å². The van der Waals surface area contributed by atoms with Crippen molar-refractivity contribution in [2.75, 3.05) is 20.0 Å². The fraction of sp³-hybridized carbons (Fsp3) is 0.308. The minimum Gasteiger partial charge on any atom is -0.496 e. The molecule has 0 fully saturated rings. The van der Waals surface area contributed by atoms with Gasteiger partial charge in [0, 0.05) is 5.56 Å². The molecule has 2 N–H and O–H groups in total. The Morgan fingerprint density at radius 2 is 1.89 bits per heavy atom. The molecule has 5 nitrogen and oxygen atoms in total. The average Bonchev–Trinajstić information content (AvgIpc) is 2.83. The molecule has 0 aliphatic rings. The van der Waals surface area contributed by atoms with Gasteiger partial charge in [0.1, 0.15) is 11.5 Å². The summed E-state index contributed by atoms with van der Waals surface area (Å²) in [4.78, 5) is 0. The van der Waals surface area contributed by atoms with E-state index >= 15 is 0 Å². The second-order valence-electron chi connectivity index (χ2n) is 3.82. The predicted molar refractivity (Wildman–Crippen MR) is 68.8 cm³/mol. The molecule has 1 aromatic heterocycles. The standard InChI is InChI=1S/C13H16N2O3/c1-4-8-5-12(17-3)9(6-11(8)16-2)10-7-15-18-13(10)14/h5-7H,4,14H2,1-3H3. The van der Waals surface area contributed by atoms with E-state index in [0.29, 0.717) is 5.56 Å². The molecule has 96 valence electrons. The lowest BCUT2D eigenvalue weighted by Crippen LogP contribution is -1.96. The monoisotopic (exact) mass is 248 g/mol. The zero-order valence-corrected chi connectivity index (χ0v) is 10.7. The Morgan fingerprint density at radius 1 is 1.17 bits per heavy atom. The molecule has 0 aliphatic heterocycles. The fourth-order valence-corrected chi connectivity index (χ4v) is 1.90. The Labute approximate surface area is 105 Å². The quantitative estimate of drug-likeness (QED) is 0.900. The van der Waals surface area contributed by atoms with Crippen LogP contribution >= 0.6 is 0 Å². The first-order valence-corrected chi connectivity index (χ1v) is 5.66. The largest absolute Gasteiger partial charge is 0.496 e. The van der Waals surface area contributed by atoms with E-state index in [9.17, 15) is 0 Å². The summed E-state index contributed by atoms with van der Waals surface area (Å²) in [5.41, 5.74) is 8.32. The lowest BCUT2D eigenvalue weighted by molar-refractivity contribution is 0.400. The molecule has 0 amide bonds. The lowest BCUT2D eigenvalue weighted by atomic mass is 10.0. The molecular weight excluding hydrogens is 232 g/mol. The van der Waals surface area contributed by atoms with E-state index in [4.69, 9.17) is 19.7 Å². The third-order valence-electron chi connectivity index (χ3n) is 2.87. The van der Waals surface area contributed by atoms with Crippen LogP contribution in [0.25, 0.3) is 11.1 Å². The third-order valence-corrected chi connectivity index (χ3v) is 2.87. The minimum atomic E-state index is 0.264. The van der Waals surface area contributed by atoms with Crippen LogP contribution in [0.4, 0.5) is 5.88 Å². The van der Waals surface area contributed by atoms with E-state index in [1.165, 1.54) is 0 Å². The summed E-state index contributed by atoms with van der Waals surface area (Å²) in [5, 5.41) is 3.68. The number of aromatic nitrogens is 1. The maximum Gasteiger partial charge on any atom is 0.230 e. The molecule has 0 unspecified atom stereocenters. The van der Waals surface area contributed by atoms with Gasteiger partial charge in [-0.05, 0) is 24.1 Å². The molecule has 2 rings (SSSR count). The first-order chi connectivity index (χ1) is 8.71. The number of aryl methyl sites for hydroxylation is 1. The predicted octanol–water partition coefficient (Wildman–Crippen LogP) is 2.50. The maximum absolute atomic E-state index is 5.73. The molecule has 1 heterocycles. The summed E-state index contributed by atoms with van der Waals surface area (Å²) < 4.78 is 15.6. The van der Waals surface area contributed by atoms with Gasteiger partial charge in [-0.25, -0.2) is 0 Å². The summed E-state index contributed by atoms with van der Waals surface area (Å²) >= 11 is 0. The highest BCUT2D eigenvalue weighted by molar-refractivity contribution is 5.78. The smallest absolute Gasteiger partial charge is 0.230 e. The summed E-state index contributed by atoms with van der Waals surface area (Å²) in [6.45, 7) is 2.06. The number of anilines is 1. The number of nitrogen functional groups attached to an aromatic ring is 1. The van der Waals surface area contributed by atoms with Gasteiger partial charge in [0.25, 0.3) is 0 Å². The van der Waals surface area contributed by atoms with E-state index in [0.717, 1.165) is 29.0 Å². The number of benzene rings is 1. The van der Waals surface area contributed by atoms with Crippen LogP contribution in [0.5, 0.6) is 11.5 Å². The van der Waals surface area contributed by atoms with E-state index < -0.39 is 0 Å². The Balaban J connectivity index is 2.62. The number of hydrogen-bond acceptors (Lipinski definition) is 5. The van der Waals surface area contributed by atoms with Gasteiger partial charge in [-0.1, -0.05) is 12.1 Å². The number of nitrogens with zero attached hydrogens (tertiary/aromatic N) is 1. The zero-order valence-electron chi connectivity index (χ0n) is 10.7. The van der Waals surface area contributed by atoms with Crippen LogP contribution in [-0.4, -0.2) is 19.4 Å². The molecular formula is C13H16N2O3. The minimum absolute atomic E-state index is 0.264. The summed E-state index contributed by atoms with van der Waals surface area (Å²) in [5.74, 6) is 1.79. The van der Waals surface area contributed by atoms with Crippen molar-refractivity contribution in [2.45, 2.75) is 13.3 Å². The molecule has 0 atom stereocenters. The number of methoxy groups -OCH3 is 2. The Bertz CT molecular complexity index is 549. The third kappa shape index (κ3) is 1.99. The topological polar surface area (TPSA) is 70.5 Å². The van der Waals surface area contributed by atoms with Gasteiger partial charge < -0.3 is 19.7 Å². The van der Waals surface area contributed by atoms with Crippen molar-refractivity contribution < 1.29 is 14.0 Å². The van der Waals surface area contributed by atoms with Crippen molar-refractivity contribution >= 4 is 5.88 Å². The lowest BCUT2D eigenvalue weighted by Gasteiger charge is -2.13. The molecule has 0 saturated carbocycles. The first-order valence-electron chi connectivity index (χ1n) is 5.66. The second kappa shape index (κ2) is 5.00. The molecule has 0 radical (unpaired) electrons. The van der Waals surface area contributed by atoms with E-state index in [1.54, 1.807) is 20.4 Å². The van der Waals surface area contributed by atoms with Gasteiger partial charge in [-0.3, -0.25) is 0 Å². The molecule has 2 aromatic rings. The van der Waals surface area contributed by atoms with Crippen LogP contribution < -0.4 is 15.2 Å². The highest BCUT2D eigenvalue weighted by atomic mass is 16.5. The number of nitrogens with two attached hydrogens (primary N) is 1. The highest BCUT2D eigenvalue weighted by Gasteiger charge is 2.16. The van der Waals surface area contributed by atoms with E-state index in [2.05, 4.69) is 12.1 Å². The van der Waals surface area contributed by atoms with Crippen LogP contribution in [0.15, 0.2) is 22.9 Å². The van der Waals surface area contributed by atoms with Gasteiger partial charge in [0.2, 0.25) is 5.88 Å². The van der Waals surface area contributed by atoms with Crippen molar-refractivity contribution in [3.05, 3.63) is 23.9 Å². The molecule has 0 bridgehead atoms. The fourth-order valence-electron chi connectivity index (χ4n) is 1.90. The summed E-state index contributed by atoms with van der Waals surface area (Å²) in [6, 6.07) is 3.83. The zero-order chi connectivity index (χ0) is 13.1. The van der Waals surface area contributed by atoms with Crippen LogP contribution in [0.2, 0.25) is 0 Å². The number of rotatable bonds is 4. The van der Waals surface area contributed by atoms with E-state index in [1.807, 2.05) is 12.1 Å². The number of hydrogen-bond donors (Lipinski definition) is 1. The van der Waals surface area contributed by atoms with Crippen LogP contribution in [0.3, 0.4) is 0 Å². The maximum atomic E-state index is 5.73. The summed E-state index contributed by atoms with van der Waals surface area (Å²) in [7, 11) is 3.26. The molecule has 1 aromatic carbocycles. The highest BCUT2D eigenvalue weighted by Crippen LogP contribution is 2.38. The normalized spacial score (nSPS) is 10.4. The SMILES string of the molecule is CCc1cc(OC)c(-c2cnoc2N)cc1OC. The Morgan fingerprint density at radius 3 is 2.39 bits per heavy atom. The molecule has 0 spiro atoms. The molecule has 18 heavy (non-hydrogen) atoms. The first kappa shape index (κ1) is 12.3. The molecule has 5 heteroatoms. The van der Waals surface area contributed by atoms with Crippen LogP contribution in [-0.2, 0) is 6.42 Å². The molecule has 0 aliphatic carbocycles. The van der Waals surface area contributed by atoms with Crippen LogP contribution in [0.1, 0.15) is 12.5 Å². The van der Waals surface area contributed by atoms with Gasteiger partial charge in [0.15, 0.2) is 0 Å². The second-order valence-corrected chi connectivity index (χ2v) is 3.82. The molecule has 0 saturated heterocycles. The van der Waals surface area contributed by atoms with Gasteiger partial charge in [-0.2, -0.15) is 0 Å². The van der Waals surface area contributed by atoms with Gasteiger partial charge in [0.05, 0.1) is 26.0 Å². The van der Waals surface area contributed by atoms with Crippen LogP contribution in [0, 0.1) is 0 Å². The average molecular weight is 248 g/mol. The van der Waals surface area contributed by atoms with Crippen molar-refractivity contribution in [3.63, 3.8) is 0 Å². The van der Waals surface area contributed by atoms with Crippen molar-refractivity contribution in [1.82, 2.24) is 5.16 Å². The van der Waals surface area contributed by atoms with Crippen molar-refractivity contribution in [3.8, 4) is 22.6 Å². The Kier molecular flexibility index (Phi) is 3.41. The Hall–Kier alpha value is -2.17.